The lowest BCUT2D eigenvalue weighted by Crippen LogP contribution is -2.37. The zero-order valence-electron chi connectivity index (χ0n) is 76.6. The van der Waals surface area contributed by atoms with Gasteiger partial charge in [0.2, 0.25) is 0 Å². The van der Waals surface area contributed by atoms with Gasteiger partial charge in [0.15, 0.2) is 68.3 Å². The first-order chi connectivity index (χ1) is 70.4. The number of benzene rings is 9. The first-order valence-electron chi connectivity index (χ1n) is 45.1. The minimum absolute atomic E-state index is 0.0417. The van der Waals surface area contributed by atoms with Gasteiger partial charge in [-0.25, -0.2) is 4.39 Å². The van der Waals surface area contributed by atoms with Crippen LogP contribution in [0.2, 0.25) is 60.3 Å². The van der Waals surface area contributed by atoms with Crippen LogP contribution in [0.15, 0.2) is 213 Å². The molecule has 44 heteroatoms. The van der Waals surface area contributed by atoms with Gasteiger partial charge in [0.05, 0.1) is 135 Å². The number of pyridine rings is 3. The number of amides is 6. The van der Waals surface area contributed by atoms with Gasteiger partial charge in [-0.1, -0.05) is 151 Å². The van der Waals surface area contributed by atoms with Gasteiger partial charge in [0.25, 0.3) is 35.4 Å². The van der Waals surface area contributed by atoms with E-state index < -0.39 is 137 Å². The van der Waals surface area contributed by atoms with E-state index in [1.807, 2.05) is 24.3 Å². The summed E-state index contributed by atoms with van der Waals surface area (Å²) in [6.07, 6.45) is 6.48. The summed E-state index contributed by atoms with van der Waals surface area (Å²) >= 11 is 73.0. The largest absolute Gasteiger partial charge is 0.378 e. The van der Waals surface area contributed by atoms with E-state index >= 15 is 0 Å². The molecule has 6 amide bonds. The first kappa shape index (κ1) is 109. The van der Waals surface area contributed by atoms with Crippen LogP contribution >= 0.6 is 139 Å². The van der Waals surface area contributed by atoms with Crippen molar-refractivity contribution in [2.24, 2.45) is 0 Å². The minimum atomic E-state index is -2.20. The normalized spacial score (nSPS) is 20.6. The fourth-order valence-electron chi connectivity index (χ4n) is 17.8. The van der Waals surface area contributed by atoms with Crippen LogP contribution in [0.5, 0.6) is 0 Å². The van der Waals surface area contributed by atoms with Crippen molar-refractivity contribution in [3.63, 3.8) is 0 Å². The third-order valence-corrected chi connectivity index (χ3v) is 29.5. The topological polar surface area (TPSA) is 462 Å². The number of hydrogen-bond acceptors (Lipinski definition) is 25. The Balaban J connectivity index is 0.000000127. The Morgan fingerprint density at radius 2 is 0.608 bits per heavy atom. The predicted molar refractivity (Wildman–Crippen MR) is 558 cm³/mol. The zero-order chi connectivity index (χ0) is 106. The van der Waals surface area contributed by atoms with Crippen molar-refractivity contribution in [3.8, 4) is 0 Å². The molecule has 31 nitrogen and oxygen atoms in total. The second-order valence-corrected chi connectivity index (χ2v) is 40.0. The highest BCUT2D eigenvalue weighted by Gasteiger charge is 2.56. The average Bonchev–Trinajstić information content (AvgIpc) is 1.61. The van der Waals surface area contributed by atoms with Crippen molar-refractivity contribution in [1.82, 2.24) is 15.0 Å². The summed E-state index contributed by atoms with van der Waals surface area (Å²) in [5, 5.41) is 82.5. The van der Waals surface area contributed by atoms with Crippen LogP contribution in [-0.4, -0.2) is 168 Å². The number of rotatable bonds is 21. The first-order valence-corrected chi connectivity index (χ1v) is 49.6. The number of Topliss-reactive ketones (excluding diaryl/α,β-unsaturated/α-hetero) is 6. The smallest absolute Gasteiger partial charge is 0.261 e. The Morgan fingerprint density at radius 1 is 0.318 bits per heavy atom. The van der Waals surface area contributed by atoms with E-state index in [1.165, 1.54) is 134 Å². The highest BCUT2D eigenvalue weighted by atomic mass is 35.5. The summed E-state index contributed by atoms with van der Waals surface area (Å²) in [6.45, 7) is 5.87. The summed E-state index contributed by atoms with van der Waals surface area (Å²) in [7, 11) is 0. The van der Waals surface area contributed by atoms with Gasteiger partial charge in [0, 0.05) is 154 Å². The molecule has 9 aromatic carbocycles. The van der Waals surface area contributed by atoms with Crippen LogP contribution < -0.4 is 41.7 Å². The Morgan fingerprint density at radius 3 is 0.892 bits per heavy atom. The molecule has 9 aliphatic rings. The van der Waals surface area contributed by atoms with Crippen molar-refractivity contribution in [2.75, 3.05) is 94.3 Å². The van der Waals surface area contributed by atoms with Crippen LogP contribution in [0.3, 0.4) is 0 Å². The van der Waals surface area contributed by atoms with Gasteiger partial charge in [-0.15, -0.1) is 0 Å². The summed E-state index contributed by atoms with van der Waals surface area (Å²) < 4.78 is 25.1. The number of aromatic nitrogens is 3. The number of fused-ring (bicyclic) bond motifs is 6. The van der Waals surface area contributed by atoms with Crippen LogP contribution in [-0.2, 0) is 71.8 Å². The lowest BCUT2D eigenvalue weighted by atomic mass is 9.87. The van der Waals surface area contributed by atoms with E-state index in [0.29, 0.717) is 54.6 Å². The number of anilines is 8. The van der Waals surface area contributed by atoms with Crippen LogP contribution in [0.4, 0.5) is 49.9 Å². The number of nitrogens with zero attached hydrogens (tertiary/aromatic N) is 5. The number of morpholine rings is 2. The number of ketones is 6. The highest BCUT2D eigenvalue weighted by molar-refractivity contribution is 6.43. The number of aliphatic hydroxyl groups is 6. The minimum Gasteiger partial charge on any atom is -0.378 e. The maximum absolute atomic E-state index is 14.4. The highest BCUT2D eigenvalue weighted by Crippen LogP contribution is 2.54. The lowest BCUT2D eigenvalue weighted by Gasteiger charge is -2.29. The maximum atomic E-state index is 14.4. The summed E-state index contributed by atoms with van der Waals surface area (Å²) in [4.78, 5) is 165. The molecule has 6 atom stereocenters. The predicted octanol–water partition coefficient (Wildman–Crippen LogP) is 19.3. The molecule has 8 aliphatic heterocycles. The molecule has 0 bridgehead atoms. The molecule has 12 aromatic rings. The molecular weight excluding hydrogens is 2170 g/mol. The molecule has 2 saturated heterocycles. The fourth-order valence-corrected chi connectivity index (χ4v) is 20.9. The third kappa shape index (κ3) is 22.0. The number of hydrogen-bond donors (Lipinski definition) is 12. The van der Waals surface area contributed by atoms with Gasteiger partial charge in [0.1, 0.15) is 11.5 Å². The van der Waals surface area contributed by atoms with Gasteiger partial charge in [-0.05, 0) is 194 Å². The summed E-state index contributed by atoms with van der Waals surface area (Å²) in [5.74, 6) is -7.43. The van der Waals surface area contributed by atoms with E-state index in [4.69, 9.17) is 149 Å². The molecule has 0 unspecified atom stereocenters. The average molecular weight is 2250 g/mol. The van der Waals surface area contributed by atoms with Crippen LogP contribution in [0.25, 0.3) is 0 Å². The number of halogens is 13. The van der Waals surface area contributed by atoms with Gasteiger partial charge < -0.3 is 81.8 Å². The van der Waals surface area contributed by atoms with Crippen molar-refractivity contribution < 1.29 is 102 Å². The molecule has 12 N–H and O–H groups in total. The van der Waals surface area contributed by atoms with Gasteiger partial charge in [-0.2, -0.15) is 0 Å². The molecule has 0 spiro atoms. The Hall–Kier alpha value is -12.0. The second-order valence-electron chi connectivity index (χ2n) is 35.2. The molecular formula is C104H80Cl12FN11O20. The summed E-state index contributed by atoms with van der Waals surface area (Å²) in [5.41, 5.74) is -6.07. The van der Waals surface area contributed by atoms with E-state index in [1.54, 1.807) is 54.6 Å². The molecule has 1 saturated carbocycles. The Labute approximate surface area is 901 Å². The van der Waals surface area contributed by atoms with Crippen molar-refractivity contribution in [3.05, 3.63) is 352 Å². The lowest BCUT2D eigenvalue weighted by molar-refractivity contribution is -0.133. The molecule has 762 valence electrons. The number of ether oxygens (including phenoxy) is 2. The van der Waals surface area contributed by atoms with Crippen molar-refractivity contribution in [2.45, 2.75) is 90.9 Å². The fraction of sp³-hybridized carbons (Fsp3) is 0.221. The molecule has 3 fully saturated rings. The number of carbonyl (C=O) groups is 12. The molecule has 0 radical (unpaired) electrons. The van der Waals surface area contributed by atoms with Crippen LogP contribution in [0, 0.1) is 5.82 Å². The van der Waals surface area contributed by atoms with Gasteiger partial charge >= 0.3 is 0 Å². The standard InChI is InChI=1S/2C20H18Cl2N2O4.C19H14Cl2FNO3.3C15H10Cl2N2O3/c2*21-14-5-6-15(22)18-17(14)20(27,19(26)23-18)11-16(25)12-1-3-13(4-2-12)24-7-9-28-10-8-24;20-12-5-6-13(21)17-16(12)19(26,18(25)23-17)8-15(24)11-4-3-10(7-14(11)22)9-1-2-9;16-9-1-2-10(17)13-12(9)15(22,14(21)19-13)7-11(20)8-3-5-18-6-4-8;16-9-3-4-10(17)13-12(9)15(22,14(21)19-13)6-11(20)8-2-1-5-18-7-8;16-8-4-5-9(17)13-12(8)15(22,14(21)19-13)7-11(20)10-3-1-2-6-18-10/h2*1-6,27H,7-11H2,(H,23,26);3-7,9,26H,1-2,8H2,(H,23,25);1-6,22H,7H2,(H,19,21);1-5,7,22H,6H2,(H,19,21);1-6,22H,7H2,(H,19,21)/t2*20-;19-;3*15-/m100111/s1. The van der Waals surface area contributed by atoms with E-state index in [2.05, 4.69) is 56.7 Å². The van der Waals surface area contributed by atoms with E-state index in [0.717, 1.165) is 56.0 Å². The van der Waals surface area contributed by atoms with E-state index in [-0.39, 0.29) is 151 Å². The van der Waals surface area contributed by atoms with Crippen LogP contribution in [0.1, 0.15) is 159 Å². The molecule has 11 heterocycles. The molecule has 3 aromatic heterocycles. The van der Waals surface area contributed by atoms with E-state index in [9.17, 15) is 92.6 Å². The molecule has 148 heavy (non-hydrogen) atoms. The van der Waals surface area contributed by atoms with Gasteiger partial charge in [-0.3, -0.25) is 72.5 Å². The Bertz CT molecular complexity index is 6940. The Kier molecular flexibility index (Phi) is 32.8. The van der Waals surface area contributed by atoms with Crippen molar-refractivity contribution >= 4 is 255 Å². The number of carbonyl (C=O) groups excluding carboxylic acids is 12. The zero-order valence-corrected chi connectivity index (χ0v) is 85.7. The SMILES string of the molecule is O=C(C[C@@]1(O)C(=O)Nc2c(Cl)ccc(Cl)c21)c1ccc(C2CC2)cc1F.O=C(C[C@@]1(O)C(=O)Nc2c(Cl)ccc(Cl)c21)c1ccc(N2CCOCC2)cc1.O=C(C[C@]1(O)C(=O)Nc2c(Cl)ccc(Cl)c21)c1ccc(N2CCOCC2)cc1.O=C(C[C@]1(O)C(=O)Nc2c(Cl)ccc(Cl)c21)c1ccccn1.O=C(C[C@]1(O)C(=O)Nc2c(Cl)ccc(Cl)c21)c1cccnc1.O=C(C[C@]1(O)C(=O)Nc2c(Cl)ccc(Cl)c21)c1ccncc1. The van der Waals surface area contributed by atoms with Crippen molar-refractivity contribution in [1.29, 1.82) is 0 Å². The monoisotopic (exact) mass is 2240 g/mol. The number of nitrogens with one attached hydrogen (secondary N) is 6. The summed E-state index contributed by atoms with van der Waals surface area (Å²) in [6, 6.07) is 47.6. The quantitative estimate of drug-likeness (QED) is 0.0297. The third-order valence-electron chi connectivity index (χ3n) is 25.7. The molecule has 21 rings (SSSR count). The maximum Gasteiger partial charge on any atom is 0.261 e. The molecule has 1 aliphatic carbocycles. The second kappa shape index (κ2) is 44.6.